The lowest BCUT2D eigenvalue weighted by atomic mass is 9.58. The molecule has 0 amide bonds. The number of allylic oxidation sites excluding steroid dienone is 4. The fourth-order valence-corrected chi connectivity index (χ4v) is 11.4. The van der Waals surface area contributed by atoms with Gasteiger partial charge in [0.25, 0.3) is 8.32 Å². The Morgan fingerprint density at radius 2 is 1.61 bits per heavy atom. The van der Waals surface area contributed by atoms with Crippen molar-refractivity contribution in [1.29, 1.82) is 0 Å². The molecule has 0 aromatic heterocycles. The Bertz CT molecular complexity index is 1170. The average Bonchev–Trinajstić information content (AvgIpc) is 2.84. The largest absolute Gasteiger partial charge is 0.404 e. The van der Waals surface area contributed by atoms with Crippen molar-refractivity contribution in [3.8, 4) is 0 Å². The molecule has 0 saturated heterocycles. The minimum atomic E-state index is -2.64. The zero-order valence-corrected chi connectivity index (χ0v) is 23.2. The molecule has 1 heterocycles. The maximum absolute atomic E-state index is 13.2. The predicted molar refractivity (Wildman–Crippen MR) is 149 cm³/mol. The molecule has 2 aromatic carbocycles. The Morgan fingerprint density at radius 3 is 2.19 bits per heavy atom. The highest BCUT2D eigenvalue weighted by Crippen LogP contribution is 2.52. The number of hydrogen-bond donors (Lipinski definition) is 0. The van der Waals surface area contributed by atoms with E-state index in [1.165, 1.54) is 10.4 Å². The van der Waals surface area contributed by atoms with Crippen LogP contribution in [0, 0.1) is 11.3 Å². The molecule has 0 N–H and O–H groups in total. The van der Waals surface area contributed by atoms with Crippen molar-refractivity contribution < 1.29 is 14.0 Å². The number of ether oxygens (including phenoxy) is 1. The summed E-state index contributed by atoms with van der Waals surface area (Å²) in [6.07, 6.45) is 9.85. The maximum Gasteiger partial charge on any atom is 0.261 e. The second kappa shape index (κ2) is 9.40. The fraction of sp³-hybridized carbons (Fsp3) is 0.406. The first-order valence-corrected chi connectivity index (χ1v) is 15.1. The summed E-state index contributed by atoms with van der Waals surface area (Å²) < 4.78 is 13.8. The van der Waals surface area contributed by atoms with Crippen molar-refractivity contribution in [3.63, 3.8) is 0 Å². The Balaban J connectivity index is 1.46. The number of carbonyl (C=O) groups is 1. The van der Waals surface area contributed by atoms with E-state index in [4.69, 9.17) is 9.16 Å². The van der Waals surface area contributed by atoms with E-state index in [0.29, 0.717) is 13.0 Å². The summed E-state index contributed by atoms with van der Waals surface area (Å²) in [5.74, 6) is 0.441. The van der Waals surface area contributed by atoms with Crippen LogP contribution in [0.15, 0.2) is 96.1 Å². The van der Waals surface area contributed by atoms with Gasteiger partial charge >= 0.3 is 0 Å². The minimum absolute atomic E-state index is 0.0867. The molecular weight excluding hydrogens is 460 g/mol. The van der Waals surface area contributed by atoms with Gasteiger partial charge in [0.15, 0.2) is 5.78 Å². The highest BCUT2D eigenvalue weighted by Gasteiger charge is 2.53. The van der Waals surface area contributed by atoms with E-state index < -0.39 is 8.32 Å². The molecule has 36 heavy (non-hydrogen) atoms. The molecule has 0 spiro atoms. The van der Waals surface area contributed by atoms with Crippen molar-refractivity contribution in [2.45, 2.75) is 64.7 Å². The first-order valence-electron chi connectivity index (χ1n) is 13.2. The van der Waals surface area contributed by atoms with Crippen LogP contribution in [0.4, 0.5) is 0 Å². The summed E-state index contributed by atoms with van der Waals surface area (Å²) in [6, 6.07) is 21.4. The Morgan fingerprint density at radius 1 is 1.00 bits per heavy atom. The van der Waals surface area contributed by atoms with Gasteiger partial charge in [0.05, 0.1) is 18.8 Å². The van der Waals surface area contributed by atoms with Crippen LogP contribution in [0.1, 0.15) is 47.5 Å². The van der Waals surface area contributed by atoms with Gasteiger partial charge in [0.1, 0.15) is 0 Å². The van der Waals surface area contributed by atoms with Gasteiger partial charge in [0.2, 0.25) is 0 Å². The SMILES string of the molecule is CC1=C2C(=O)CC3O[C@H](CO[Si](c4ccccc4)(c4ccccc4)C(C)(C)C)C=CC3[C@@]2(C)CC=C1. The van der Waals surface area contributed by atoms with Crippen LogP contribution in [0.3, 0.4) is 0 Å². The Hall–Kier alpha value is -2.53. The van der Waals surface area contributed by atoms with Gasteiger partial charge in [-0.15, -0.1) is 0 Å². The maximum atomic E-state index is 13.2. The van der Waals surface area contributed by atoms with Crippen LogP contribution in [-0.2, 0) is 14.0 Å². The number of ketones is 1. The van der Waals surface area contributed by atoms with Crippen molar-refractivity contribution in [2.24, 2.45) is 11.3 Å². The third-order valence-electron chi connectivity index (χ3n) is 8.44. The number of Topliss-reactive ketones (excluding diaryl/α,β-unsaturated/α-hetero) is 1. The molecule has 2 aromatic rings. The number of rotatable bonds is 5. The lowest BCUT2D eigenvalue weighted by Gasteiger charge is -2.50. The van der Waals surface area contributed by atoms with E-state index in [0.717, 1.165) is 17.6 Å². The van der Waals surface area contributed by atoms with E-state index in [-0.39, 0.29) is 34.4 Å². The minimum Gasteiger partial charge on any atom is -0.404 e. The van der Waals surface area contributed by atoms with Gasteiger partial charge in [-0.25, -0.2) is 0 Å². The second-order valence-electron chi connectivity index (χ2n) is 11.8. The fourth-order valence-electron chi connectivity index (χ4n) is 6.83. The predicted octanol–water partition coefficient (Wildman–Crippen LogP) is 5.76. The van der Waals surface area contributed by atoms with E-state index >= 15 is 0 Å². The lowest BCUT2D eigenvalue weighted by Crippen LogP contribution is -2.67. The van der Waals surface area contributed by atoms with E-state index in [1.54, 1.807) is 0 Å². The van der Waals surface area contributed by atoms with Crippen LogP contribution >= 0.6 is 0 Å². The summed E-state index contributed by atoms with van der Waals surface area (Å²) in [5.41, 5.74) is 1.92. The molecule has 188 valence electrons. The van der Waals surface area contributed by atoms with Crippen molar-refractivity contribution in [1.82, 2.24) is 0 Å². The molecule has 4 heteroatoms. The van der Waals surface area contributed by atoms with E-state index in [1.807, 2.05) is 0 Å². The molecule has 0 radical (unpaired) electrons. The van der Waals surface area contributed by atoms with Crippen LogP contribution in [0.2, 0.25) is 5.04 Å². The topological polar surface area (TPSA) is 35.5 Å². The van der Waals surface area contributed by atoms with Crippen molar-refractivity contribution in [2.75, 3.05) is 6.61 Å². The first kappa shape index (κ1) is 25.1. The van der Waals surface area contributed by atoms with Crippen molar-refractivity contribution >= 4 is 24.5 Å². The summed E-state index contributed by atoms with van der Waals surface area (Å²) >= 11 is 0. The smallest absolute Gasteiger partial charge is 0.261 e. The Labute approximate surface area is 217 Å². The standard InChI is InChI=1S/C32H38O3Si/c1-23-13-12-20-32(5)27-19-18-24(35-29(27)21-28(33)30(23)32)22-34-36(31(2,3)4,25-14-8-6-9-15-25)26-16-10-7-11-17-26/h6-19,24,27,29H,20-22H2,1-5H3/t24-,27?,29?,32+/m0/s1. The molecule has 5 rings (SSSR count). The summed E-state index contributed by atoms with van der Waals surface area (Å²) in [6.45, 7) is 11.6. The zero-order valence-electron chi connectivity index (χ0n) is 22.2. The van der Waals surface area contributed by atoms with Gasteiger partial charge in [0, 0.05) is 23.3 Å². The number of benzene rings is 2. The molecule has 2 unspecified atom stereocenters. The molecule has 1 saturated carbocycles. The molecule has 3 aliphatic rings. The van der Waals surface area contributed by atoms with Crippen molar-refractivity contribution in [3.05, 3.63) is 96.1 Å². The zero-order chi connectivity index (χ0) is 25.6. The molecule has 1 aliphatic heterocycles. The summed E-state index contributed by atoms with van der Waals surface area (Å²) in [5, 5.41) is 2.44. The van der Waals surface area contributed by atoms with Gasteiger partial charge < -0.3 is 9.16 Å². The van der Waals surface area contributed by atoms with E-state index in [2.05, 4.69) is 120 Å². The van der Waals surface area contributed by atoms with Gasteiger partial charge in [-0.05, 0) is 34.3 Å². The van der Waals surface area contributed by atoms with Crippen LogP contribution in [0.5, 0.6) is 0 Å². The molecule has 0 bridgehead atoms. The second-order valence-corrected chi connectivity index (χ2v) is 16.1. The third kappa shape index (κ3) is 4.09. The third-order valence-corrected chi connectivity index (χ3v) is 13.4. The number of hydrogen-bond acceptors (Lipinski definition) is 3. The average molecular weight is 499 g/mol. The van der Waals surface area contributed by atoms with Gasteiger partial charge in [-0.1, -0.05) is 113 Å². The molecule has 1 fully saturated rings. The van der Waals surface area contributed by atoms with E-state index in [9.17, 15) is 4.79 Å². The number of carbonyl (C=O) groups excluding carboxylic acids is 1. The number of fused-ring (bicyclic) bond motifs is 3. The van der Waals surface area contributed by atoms with Crippen LogP contribution in [-0.4, -0.2) is 32.9 Å². The highest BCUT2D eigenvalue weighted by atomic mass is 28.4. The van der Waals surface area contributed by atoms with Crippen LogP contribution < -0.4 is 10.4 Å². The monoisotopic (exact) mass is 498 g/mol. The molecule has 4 atom stereocenters. The normalized spacial score (nSPS) is 28.1. The quantitative estimate of drug-likeness (QED) is 0.388. The van der Waals surface area contributed by atoms with Gasteiger partial charge in [-0.2, -0.15) is 0 Å². The lowest BCUT2D eigenvalue weighted by molar-refractivity contribution is -0.131. The molecule has 3 nitrogen and oxygen atoms in total. The summed E-state index contributed by atoms with van der Waals surface area (Å²) in [7, 11) is -2.64. The first-order chi connectivity index (χ1) is 17.2. The van der Waals surface area contributed by atoms with Gasteiger partial charge in [-0.3, -0.25) is 4.79 Å². The van der Waals surface area contributed by atoms with Crippen LogP contribution in [0.25, 0.3) is 0 Å². The summed E-state index contributed by atoms with van der Waals surface area (Å²) in [4.78, 5) is 13.2. The molecule has 2 aliphatic carbocycles. The molecular formula is C32H38O3Si. The highest BCUT2D eigenvalue weighted by molar-refractivity contribution is 6.99. The Kier molecular flexibility index (Phi) is 6.56.